The Balaban J connectivity index is 2.53. The standard InChI is InChI=1S/C8H8BClO2/c1-5-7-3-2-6(10)4-8(7)9(11)12-5/h2-5,11H,1H3. The summed E-state index contributed by atoms with van der Waals surface area (Å²) in [6.45, 7) is 1.91. The smallest absolute Gasteiger partial charge is 0.423 e. The van der Waals surface area contributed by atoms with E-state index in [0.717, 1.165) is 11.0 Å². The van der Waals surface area contributed by atoms with Crippen LogP contribution in [0.4, 0.5) is 0 Å². The van der Waals surface area contributed by atoms with Crippen molar-refractivity contribution in [3.8, 4) is 0 Å². The molecule has 0 amide bonds. The molecule has 1 aliphatic rings. The van der Waals surface area contributed by atoms with Crippen LogP contribution in [0, 0.1) is 0 Å². The van der Waals surface area contributed by atoms with Gasteiger partial charge in [-0.3, -0.25) is 0 Å². The molecule has 1 heterocycles. The fourth-order valence-electron chi connectivity index (χ4n) is 1.47. The van der Waals surface area contributed by atoms with Crippen LogP contribution in [-0.4, -0.2) is 12.1 Å². The zero-order chi connectivity index (χ0) is 8.72. The minimum absolute atomic E-state index is 0.0349. The summed E-state index contributed by atoms with van der Waals surface area (Å²) < 4.78 is 5.18. The second-order valence-corrected chi connectivity index (χ2v) is 3.34. The monoisotopic (exact) mass is 182 g/mol. The van der Waals surface area contributed by atoms with Crippen molar-refractivity contribution in [3.05, 3.63) is 28.8 Å². The largest absolute Gasteiger partial charge is 0.492 e. The van der Waals surface area contributed by atoms with Crippen LogP contribution in [0.1, 0.15) is 18.6 Å². The van der Waals surface area contributed by atoms with E-state index in [0.29, 0.717) is 5.02 Å². The molecule has 2 rings (SSSR count). The van der Waals surface area contributed by atoms with Crippen LogP contribution in [-0.2, 0) is 4.65 Å². The fraction of sp³-hybridized carbons (Fsp3) is 0.250. The molecule has 1 aromatic rings. The van der Waals surface area contributed by atoms with Gasteiger partial charge in [0.2, 0.25) is 0 Å². The van der Waals surface area contributed by atoms with Gasteiger partial charge in [-0.25, -0.2) is 0 Å². The Kier molecular flexibility index (Phi) is 1.87. The molecule has 0 bridgehead atoms. The molecule has 62 valence electrons. The SMILES string of the molecule is CC1OB(O)c2cc(Cl)ccc21. The average Bonchev–Trinajstić information content (AvgIpc) is 2.28. The Labute approximate surface area is 76.3 Å². The van der Waals surface area contributed by atoms with Crippen molar-refractivity contribution >= 4 is 24.2 Å². The topological polar surface area (TPSA) is 29.5 Å². The number of benzene rings is 1. The van der Waals surface area contributed by atoms with Gasteiger partial charge in [0, 0.05) is 5.02 Å². The summed E-state index contributed by atoms with van der Waals surface area (Å²) in [4.78, 5) is 0. The molecule has 0 aromatic heterocycles. The van der Waals surface area contributed by atoms with E-state index in [1.165, 1.54) is 0 Å². The highest BCUT2D eigenvalue weighted by Crippen LogP contribution is 2.23. The molecule has 1 aromatic carbocycles. The van der Waals surface area contributed by atoms with Gasteiger partial charge in [-0.2, -0.15) is 0 Å². The van der Waals surface area contributed by atoms with Crippen LogP contribution in [0.15, 0.2) is 18.2 Å². The van der Waals surface area contributed by atoms with Crippen molar-refractivity contribution in [2.24, 2.45) is 0 Å². The predicted molar refractivity (Wildman–Crippen MR) is 48.6 cm³/mol. The lowest BCUT2D eigenvalue weighted by molar-refractivity contribution is 0.209. The zero-order valence-corrected chi connectivity index (χ0v) is 7.38. The van der Waals surface area contributed by atoms with Crippen LogP contribution in [0.2, 0.25) is 5.02 Å². The van der Waals surface area contributed by atoms with Crippen molar-refractivity contribution in [2.45, 2.75) is 13.0 Å². The van der Waals surface area contributed by atoms with E-state index >= 15 is 0 Å². The molecular formula is C8H8BClO2. The van der Waals surface area contributed by atoms with Crippen LogP contribution >= 0.6 is 11.6 Å². The van der Waals surface area contributed by atoms with Gasteiger partial charge in [-0.1, -0.05) is 17.7 Å². The first-order valence-corrected chi connectivity index (χ1v) is 4.19. The molecule has 0 radical (unpaired) electrons. The lowest BCUT2D eigenvalue weighted by Gasteiger charge is -2.02. The molecular weight excluding hydrogens is 174 g/mol. The molecule has 2 nitrogen and oxygen atoms in total. The van der Waals surface area contributed by atoms with Crippen molar-refractivity contribution < 1.29 is 9.68 Å². The van der Waals surface area contributed by atoms with Crippen LogP contribution < -0.4 is 5.46 Å². The van der Waals surface area contributed by atoms with Gasteiger partial charge in [-0.05, 0) is 30.1 Å². The third-order valence-corrected chi connectivity index (χ3v) is 2.32. The Bertz CT molecular complexity index is 316. The van der Waals surface area contributed by atoms with Crippen LogP contribution in [0.5, 0.6) is 0 Å². The molecule has 0 aliphatic carbocycles. The average molecular weight is 182 g/mol. The Morgan fingerprint density at radius 1 is 1.58 bits per heavy atom. The summed E-state index contributed by atoms with van der Waals surface area (Å²) in [7, 11) is -0.811. The maximum absolute atomic E-state index is 9.40. The first-order chi connectivity index (χ1) is 5.68. The number of hydrogen-bond acceptors (Lipinski definition) is 2. The van der Waals surface area contributed by atoms with E-state index in [1.807, 2.05) is 13.0 Å². The first kappa shape index (κ1) is 8.11. The van der Waals surface area contributed by atoms with Gasteiger partial charge in [0.15, 0.2) is 0 Å². The van der Waals surface area contributed by atoms with E-state index in [9.17, 15) is 5.02 Å². The van der Waals surface area contributed by atoms with E-state index in [2.05, 4.69) is 0 Å². The molecule has 4 heteroatoms. The Morgan fingerprint density at radius 2 is 2.33 bits per heavy atom. The van der Waals surface area contributed by atoms with E-state index in [-0.39, 0.29) is 6.10 Å². The normalized spacial score (nSPS) is 21.2. The lowest BCUT2D eigenvalue weighted by atomic mass is 9.79. The predicted octanol–water partition coefficient (Wildman–Crippen LogP) is 1.12. The minimum atomic E-state index is -0.811. The molecule has 1 aliphatic heterocycles. The molecule has 1 atom stereocenters. The highest BCUT2D eigenvalue weighted by molar-refractivity contribution is 6.62. The van der Waals surface area contributed by atoms with Crippen molar-refractivity contribution in [1.82, 2.24) is 0 Å². The summed E-state index contributed by atoms with van der Waals surface area (Å²) >= 11 is 5.77. The Morgan fingerprint density at radius 3 is 3.08 bits per heavy atom. The third-order valence-electron chi connectivity index (χ3n) is 2.09. The maximum atomic E-state index is 9.40. The van der Waals surface area contributed by atoms with Crippen molar-refractivity contribution in [2.75, 3.05) is 0 Å². The molecule has 1 N–H and O–H groups in total. The molecule has 0 saturated heterocycles. The lowest BCUT2D eigenvalue weighted by Crippen LogP contribution is -2.27. The van der Waals surface area contributed by atoms with Gasteiger partial charge in [0.25, 0.3) is 0 Å². The van der Waals surface area contributed by atoms with E-state index < -0.39 is 7.12 Å². The maximum Gasteiger partial charge on any atom is 0.492 e. The van der Waals surface area contributed by atoms with Gasteiger partial charge >= 0.3 is 7.12 Å². The van der Waals surface area contributed by atoms with Gasteiger partial charge in [-0.15, -0.1) is 0 Å². The van der Waals surface area contributed by atoms with E-state index in [1.54, 1.807) is 12.1 Å². The fourth-order valence-corrected chi connectivity index (χ4v) is 1.65. The third kappa shape index (κ3) is 1.14. The molecule has 12 heavy (non-hydrogen) atoms. The number of fused-ring (bicyclic) bond motifs is 1. The number of hydrogen-bond donors (Lipinski definition) is 1. The first-order valence-electron chi connectivity index (χ1n) is 3.81. The minimum Gasteiger partial charge on any atom is -0.423 e. The summed E-state index contributed by atoms with van der Waals surface area (Å²) in [5.74, 6) is 0. The molecule has 0 fully saturated rings. The number of halogens is 1. The van der Waals surface area contributed by atoms with Gasteiger partial charge in [0.1, 0.15) is 0 Å². The summed E-state index contributed by atoms with van der Waals surface area (Å²) in [6.07, 6.45) is -0.0349. The summed E-state index contributed by atoms with van der Waals surface area (Å²) in [6, 6.07) is 5.43. The molecule has 1 unspecified atom stereocenters. The van der Waals surface area contributed by atoms with Crippen molar-refractivity contribution in [3.63, 3.8) is 0 Å². The van der Waals surface area contributed by atoms with Gasteiger partial charge < -0.3 is 9.68 Å². The molecule has 0 saturated carbocycles. The summed E-state index contributed by atoms with van der Waals surface area (Å²) in [5.41, 5.74) is 1.81. The highest BCUT2D eigenvalue weighted by Gasteiger charge is 2.32. The second-order valence-electron chi connectivity index (χ2n) is 2.90. The summed E-state index contributed by atoms with van der Waals surface area (Å²) in [5, 5.41) is 10.0. The van der Waals surface area contributed by atoms with E-state index in [4.69, 9.17) is 16.3 Å². The Hall–Kier alpha value is -0.505. The zero-order valence-electron chi connectivity index (χ0n) is 6.62. The highest BCUT2D eigenvalue weighted by atomic mass is 35.5. The van der Waals surface area contributed by atoms with Crippen LogP contribution in [0.25, 0.3) is 0 Å². The quantitative estimate of drug-likeness (QED) is 0.609. The molecule has 0 spiro atoms. The number of rotatable bonds is 0. The van der Waals surface area contributed by atoms with Crippen LogP contribution in [0.3, 0.4) is 0 Å². The van der Waals surface area contributed by atoms with Crippen molar-refractivity contribution in [1.29, 1.82) is 0 Å². The second kappa shape index (κ2) is 2.77. The van der Waals surface area contributed by atoms with Gasteiger partial charge in [0.05, 0.1) is 6.10 Å².